The predicted molar refractivity (Wildman–Crippen MR) is 146 cm³/mol. The maximum absolute atomic E-state index is 13.9. The Morgan fingerprint density at radius 2 is 1.73 bits per heavy atom. The fourth-order valence-electron chi connectivity index (χ4n) is 4.92. The first-order valence-corrected chi connectivity index (χ1v) is 13.8. The first-order chi connectivity index (χ1) is 17.9. The number of aromatic amines is 1. The van der Waals surface area contributed by atoms with Crippen LogP contribution in [-0.4, -0.2) is 22.0 Å². The van der Waals surface area contributed by atoms with Gasteiger partial charge in [0.1, 0.15) is 17.6 Å². The van der Waals surface area contributed by atoms with Gasteiger partial charge in [-0.05, 0) is 42.8 Å². The molecule has 37 heavy (non-hydrogen) atoms. The molecule has 2 aliphatic rings. The minimum atomic E-state index is -0.711. The number of hydrogen-bond acceptors (Lipinski definition) is 6. The van der Waals surface area contributed by atoms with E-state index in [9.17, 15) is 14.4 Å². The van der Waals surface area contributed by atoms with Gasteiger partial charge in [-0.15, -0.1) is 0 Å². The van der Waals surface area contributed by atoms with Crippen molar-refractivity contribution in [1.29, 1.82) is 0 Å². The number of aryl methyl sites for hydroxylation is 1. The van der Waals surface area contributed by atoms with Crippen LogP contribution >= 0.6 is 34.7 Å². The zero-order chi connectivity index (χ0) is 25.7. The van der Waals surface area contributed by atoms with E-state index < -0.39 is 17.1 Å². The molecule has 0 spiro atoms. The lowest BCUT2D eigenvalue weighted by Crippen LogP contribution is -2.32. The van der Waals surface area contributed by atoms with Crippen LogP contribution in [0.2, 0.25) is 5.02 Å². The van der Waals surface area contributed by atoms with Crippen LogP contribution in [0.15, 0.2) is 82.6 Å². The monoisotopic (exact) mass is 548 g/mol. The van der Waals surface area contributed by atoms with Gasteiger partial charge in [-0.2, -0.15) is 0 Å². The molecule has 0 saturated carbocycles. The first-order valence-electron chi connectivity index (χ1n) is 11.7. The zero-order valence-electron chi connectivity index (χ0n) is 19.6. The predicted octanol–water partition coefficient (Wildman–Crippen LogP) is 5.77. The van der Waals surface area contributed by atoms with Crippen LogP contribution in [0.25, 0.3) is 0 Å². The number of rotatable bonds is 5. The number of hydrogen-bond donors (Lipinski definition) is 1. The highest BCUT2D eigenvalue weighted by molar-refractivity contribution is 8.00. The van der Waals surface area contributed by atoms with Gasteiger partial charge < -0.3 is 9.72 Å². The summed E-state index contributed by atoms with van der Waals surface area (Å²) in [5.41, 5.74) is 3.37. The largest absolute Gasteiger partial charge is 0.489 e. The van der Waals surface area contributed by atoms with E-state index in [0.29, 0.717) is 33.7 Å². The minimum Gasteiger partial charge on any atom is -0.489 e. The fraction of sp³-hybridized carbons (Fsp3) is 0.179. The Morgan fingerprint density at radius 3 is 2.49 bits per heavy atom. The smallest absolute Gasteiger partial charge is 0.305 e. The van der Waals surface area contributed by atoms with Crippen molar-refractivity contribution in [3.63, 3.8) is 0 Å². The molecule has 186 valence electrons. The fourth-order valence-corrected chi connectivity index (χ4v) is 7.61. The number of benzene rings is 3. The Labute approximate surface area is 226 Å². The Bertz CT molecular complexity index is 1570. The van der Waals surface area contributed by atoms with Crippen molar-refractivity contribution in [1.82, 2.24) is 4.98 Å². The van der Waals surface area contributed by atoms with E-state index in [4.69, 9.17) is 16.3 Å². The Kier molecular flexibility index (Phi) is 6.18. The van der Waals surface area contributed by atoms with Gasteiger partial charge in [0, 0.05) is 21.4 Å². The number of imide groups is 1. The highest BCUT2D eigenvalue weighted by atomic mass is 35.5. The lowest BCUT2D eigenvalue weighted by Gasteiger charge is -2.31. The number of ether oxygens (including phenoxy) is 1. The van der Waals surface area contributed by atoms with Crippen LogP contribution in [0.4, 0.5) is 5.69 Å². The summed E-state index contributed by atoms with van der Waals surface area (Å²) in [5.74, 6) is -1.31. The quantitative estimate of drug-likeness (QED) is 0.320. The number of aromatic nitrogens is 1. The van der Waals surface area contributed by atoms with E-state index in [2.05, 4.69) is 4.98 Å². The molecule has 6 rings (SSSR count). The molecule has 4 aromatic rings. The summed E-state index contributed by atoms with van der Waals surface area (Å²) in [6, 6.07) is 22.3. The van der Waals surface area contributed by atoms with E-state index in [1.165, 1.54) is 16.7 Å². The van der Waals surface area contributed by atoms with E-state index in [0.717, 1.165) is 27.3 Å². The maximum Gasteiger partial charge on any atom is 0.305 e. The summed E-state index contributed by atoms with van der Waals surface area (Å²) in [6.45, 7) is 2.35. The molecule has 0 radical (unpaired) electrons. The summed E-state index contributed by atoms with van der Waals surface area (Å²) in [6.07, 6.45) is 0. The van der Waals surface area contributed by atoms with Crippen LogP contribution in [0.3, 0.4) is 0 Å². The van der Waals surface area contributed by atoms with E-state index >= 15 is 0 Å². The summed E-state index contributed by atoms with van der Waals surface area (Å²) in [5, 5.41) is 0.412. The number of anilines is 1. The maximum atomic E-state index is 13.9. The van der Waals surface area contributed by atoms with Crippen LogP contribution in [-0.2, 0) is 16.2 Å². The molecule has 2 amide bonds. The third-order valence-electron chi connectivity index (χ3n) is 6.66. The number of nitrogens with zero attached hydrogens (tertiary/aromatic N) is 1. The van der Waals surface area contributed by atoms with Crippen LogP contribution < -0.4 is 14.5 Å². The number of carbonyl (C=O) groups excluding carboxylic acids is 2. The molecule has 2 aliphatic heterocycles. The number of para-hydroxylation sites is 1. The molecule has 1 saturated heterocycles. The van der Waals surface area contributed by atoms with Crippen molar-refractivity contribution >= 4 is 52.2 Å². The number of H-pyrrole nitrogens is 1. The first kappa shape index (κ1) is 24.0. The second-order valence-electron chi connectivity index (χ2n) is 9.05. The third-order valence-corrected chi connectivity index (χ3v) is 9.30. The minimum absolute atomic E-state index is 0.230. The zero-order valence-corrected chi connectivity index (χ0v) is 22.0. The van der Waals surface area contributed by atoms with Crippen LogP contribution in [0.1, 0.15) is 27.5 Å². The number of thiazole rings is 1. The SMILES string of the molecule is Cc1ccc(COc2ccc(Cl)cc2C2c3sc(=O)[nH]c3SC3C(=O)N(c4ccccc4)C(=O)C32)cc1. The Hall–Kier alpha value is -3.33. The standard InChI is InChI=1S/C28H21ClN2O4S2/c1-15-7-9-16(10-8-15)14-35-20-12-11-17(29)13-19(20)21-22-24(36-25-23(21)37-28(34)30-25)27(33)31(26(22)32)18-5-3-2-4-6-18/h2-13,21-22,24H,14H2,1H3,(H,30,34). The van der Waals surface area contributed by atoms with Gasteiger partial charge in [-0.25, -0.2) is 4.90 Å². The number of halogens is 1. The third kappa shape index (κ3) is 4.29. The number of nitrogens with one attached hydrogen (secondary N) is 1. The average Bonchev–Trinajstić information content (AvgIpc) is 3.39. The van der Waals surface area contributed by atoms with Gasteiger partial charge >= 0.3 is 4.87 Å². The second kappa shape index (κ2) is 9.52. The number of amides is 2. The lowest BCUT2D eigenvalue weighted by molar-refractivity contribution is -0.122. The summed E-state index contributed by atoms with van der Waals surface area (Å²) >= 11 is 8.75. The molecule has 3 aromatic carbocycles. The molecule has 1 N–H and O–H groups in total. The lowest BCUT2D eigenvalue weighted by atomic mass is 9.82. The molecule has 9 heteroatoms. The number of thioether (sulfide) groups is 1. The summed E-state index contributed by atoms with van der Waals surface area (Å²) in [4.78, 5) is 44.5. The highest BCUT2D eigenvalue weighted by Gasteiger charge is 2.56. The molecule has 0 aliphatic carbocycles. The van der Waals surface area contributed by atoms with Gasteiger partial charge in [0.2, 0.25) is 11.8 Å². The molecule has 3 unspecified atom stereocenters. The second-order valence-corrected chi connectivity index (χ2v) is 11.7. The molecule has 0 bridgehead atoms. The van der Waals surface area contributed by atoms with Crippen molar-refractivity contribution in [2.45, 2.75) is 29.7 Å². The Balaban J connectivity index is 1.44. The number of carbonyl (C=O) groups is 2. The van der Waals surface area contributed by atoms with Crippen molar-refractivity contribution in [2.75, 3.05) is 4.90 Å². The van der Waals surface area contributed by atoms with Gasteiger partial charge in [0.05, 0.1) is 16.6 Å². The van der Waals surface area contributed by atoms with E-state index in [1.54, 1.807) is 42.5 Å². The molecule has 1 fully saturated rings. The molecule has 3 atom stereocenters. The van der Waals surface area contributed by atoms with Crippen molar-refractivity contribution in [2.24, 2.45) is 5.92 Å². The van der Waals surface area contributed by atoms with Crippen molar-refractivity contribution in [3.8, 4) is 5.75 Å². The van der Waals surface area contributed by atoms with E-state index in [-0.39, 0.29) is 16.7 Å². The molecular formula is C28H21ClN2O4S2. The van der Waals surface area contributed by atoms with Crippen LogP contribution in [0, 0.1) is 12.8 Å². The summed E-state index contributed by atoms with van der Waals surface area (Å²) in [7, 11) is 0. The van der Waals surface area contributed by atoms with Crippen LogP contribution in [0.5, 0.6) is 5.75 Å². The molecule has 1 aromatic heterocycles. The highest BCUT2D eigenvalue weighted by Crippen LogP contribution is 2.54. The normalized spacial score (nSPS) is 20.6. The summed E-state index contributed by atoms with van der Waals surface area (Å²) < 4.78 is 6.26. The Morgan fingerprint density at radius 1 is 0.973 bits per heavy atom. The van der Waals surface area contributed by atoms with Crippen molar-refractivity contribution < 1.29 is 14.3 Å². The van der Waals surface area contributed by atoms with Gasteiger partial charge in [-0.3, -0.25) is 14.4 Å². The van der Waals surface area contributed by atoms with Gasteiger partial charge in [0.15, 0.2) is 0 Å². The molecule has 6 nitrogen and oxygen atoms in total. The van der Waals surface area contributed by atoms with Gasteiger partial charge in [-0.1, -0.05) is 82.7 Å². The average molecular weight is 549 g/mol. The van der Waals surface area contributed by atoms with Gasteiger partial charge in [0.25, 0.3) is 0 Å². The van der Waals surface area contributed by atoms with E-state index in [1.807, 2.05) is 37.3 Å². The molecule has 3 heterocycles. The van der Waals surface area contributed by atoms with Crippen molar-refractivity contribution in [3.05, 3.63) is 109 Å². The topological polar surface area (TPSA) is 79.5 Å². The molecular weight excluding hydrogens is 528 g/mol. The number of fused-ring (bicyclic) bond motifs is 2.